The third kappa shape index (κ3) is 2.61. The van der Waals surface area contributed by atoms with Crippen molar-refractivity contribution in [1.82, 2.24) is 10.2 Å². The summed E-state index contributed by atoms with van der Waals surface area (Å²) < 4.78 is 0. The van der Waals surface area contributed by atoms with E-state index in [1.807, 2.05) is 0 Å². The Morgan fingerprint density at radius 3 is 2.50 bits per heavy atom. The molecule has 12 heavy (non-hydrogen) atoms. The zero-order valence-electron chi connectivity index (χ0n) is 7.59. The minimum atomic E-state index is 0. The standard InChI is InChI=1S/C9H18N2.ClH/c1-2-7-11(6-1)8-9-4-3-5-10-9;/h9-10H,1-8H2;1H/t9-;/m0./s1. The Kier molecular flexibility index (Phi) is 4.33. The molecule has 2 rings (SSSR count). The van der Waals surface area contributed by atoms with Crippen molar-refractivity contribution in [2.75, 3.05) is 26.2 Å². The molecule has 0 bridgehead atoms. The predicted octanol–water partition coefficient (Wildman–Crippen LogP) is 1.26. The van der Waals surface area contributed by atoms with Gasteiger partial charge in [0.15, 0.2) is 0 Å². The molecule has 72 valence electrons. The molecule has 0 aliphatic carbocycles. The van der Waals surface area contributed by atoms with Crippen LogP contribution in [-0.4, -0.2) is 37.1 Å². The lowest BCUT2D eigenvalue weighted by atomic mass is 10.2. The van der Waals surface area contributed by atoms with Crippen molar-refractivity contribution >= 4 is 12.4 Å². The van der Waals surface area contributed by atoms with Crippen LogP contribution in [0.1, 0.15) is 25.7 Å². The van der Waals surface area contributed by atoms with E-state index in [0.29, 0.717) is 0 Å². The Hall–Kier alpha value is 0.210. The third-order valence-electron chi connectivity index (χ3n) is 2.84. The molecule has 0 saturated carbocycles. The zero-order chi connectivity index (χ0) is 7.52. The molecule has 3 heteroatoms. The van der Waals surface area contributed by atoms with E-state index in [4.69, 9.17) is 0 Å². The second-order valence-corrected chi connectivity index (χ2v) is 3.80. The van der Waals surface area contributed by atoms with Crippen LogP contribution in [0.25, 0.3) is 0 Å². The van der Waals surface area contributed by atoms with Gasteiger partial charge in [0, 0.05) is 12.6 Å². The lowest BCUT2D eigenvalue weighted by Gasteiger charge is -2.19. The molecule has 2 fully saturated rings. The topological polar surface area (TPSA) is 15.3 Å². The number of nitrogens with one attached hydrogen (secondary N) is 1. The van der Waals surface area contributed by atoms with E-state index in [2.05, 4.69) is 10.2 Å². The van der Waals surface area contributed by atoms with Gasteiger partial charge >= 0.3 is 0 Å². The van der Waals surface area contributed by atoms with E-state index >= 15 is 0 Å². The molecule has 2 aliphatic heterocycles. The third-order valence-corrected chi connectivity index (χ3v) is 2.84. The number of hydrogen-bond acceptors (Lipinski definition) is 2. The van der Waals surface area contributed by atoms with Gasteiger partial charge in [-0.25, -0.2) is 0 Å². The van der Waals surface area contributed by atoms with Crippen LogP contribution in [0, 0.1) is 0 Å². The number of likely N-dealkylation sites (tertiary alicyclic amines) is 1. The fraction of sp³-hybridized carbons (Fsp3) is 1.00. The van der Waals surface area contributed by atoms with Crippen molar-refractivity contribution in [3.63, 3.8) is 0 Å². The summed E-state index contributed by atoms with van der Waals surface area (Å²) in [4.78, 5) is 2.60. The van der Waals surface area contributed by atoms with Gasteiger partial charge in [0.25, 0.3) is 0 Å². The predicted molar refractivity (Wildman–Crippen MR) is 53.9 cm³/mol. The fourth-order valence-corrected chi connectivity index (χ4v) is 2.19. The van der Waals surface area contributed by atoms with Crippen LogP contribution in [0.15, 0.2) is 0 Å². The van der Waals surface area contributed by atoms with Crippen molar-refractivity contribution in [3.8, 4) is 0 Å². The first-order valence-electron chi connectivity index (χ1n) is 4.91. The summed E-state index contributed by atoms with van der Waals surface area (Å²) in [6, 6.07) is 0.813. The minimum absolute atomic E-state index is 0. The van der Waals surface area contributed by atoms with Gasteiger partial charge in [0.2, 0.25) is 0 Å². The molecule has 2 nitrogen and oxygen atoms in total. The molecule has 0 aromatic rings. The van der Waals surface area contributed by atoms with E-state index in [-0.39, 0.29) is 12.4 Å². The Balaban J connectivity index is 0.000000720. The van der Waals surface area contributed by atoms with Gasteiger partial charge in [-0.05, 0) is 45.3 Å². The molecule has 2 heterocycles. The highest BCUT2D eigenvalue weighted by atomic mass is 35.5. The largest absolute Gasteiger partial charge is 0.313 e. The summed E-state index contributed by atoms with van der Waals surface area (Å²) in [5.41, 5.74) is 0. The summed E-state index contributed by atoms with van der Waals surface area (Å²) in [5.74, 6) is 0. The number of rotatable bonds is 2. The molecule has 1 atom stereocenters. The van der Waals surface area contributed by atoms with E-state index < -0.39 is 0 Å². The van der Waals surface area contributed by atoms with Crippen molar-refractivity contribution < 1.29 is 0 Å². The maximum atomic E-state index is 3.54. The van der Waals surface area contributed by atoms with E-state index in [1.165, 1.54) is 51.9 Å². The van der Waals surface area contributed by atoms with E-state index in [9.17, 15) is 0 Å². The first-order chi connectivity index (χ1) is 5.45. The van der Waals surface area contributed by atoms with E-state index in [1.54, 1.807) is 0 Å². The summed E-state index contributed by atoms with van der Waals surface area (Å²) in [7, 11) is 0. The number of hydrogen-bond donors (Lipinski definition) is 1. The SMILES string of the molecule is C1CN[C@H](CN2CCCC2)C1.Cl. The lowest BCUT2D eigenvalue weighted by Crippen LogP contribution is -2.35. The summed E-state index contributed by atoms with van der Waals surface area (Å²) in [6.07, 6.45) is 5.63. The summed E-state index contributed by atoms with van der Waals surface area (Å²) in [5, 5.41) is 3.54. The minimum Gasteiger partial charge on any atom is -0.313 e. The average Bonchev–Trinajstić information content (AvgIpc) is 2.60. The van der Waals surface area contributed by atoms with Crippen LogP contribution in [0.2, 0.25) is 0 Å². The van der Waals surface area contributed by atoms with Crippen LogP contribution < -0.4 is 5.32 Å². The van der Waals surface area contributed by atoms with Crippen LogP contribution in [-0.2, 0) is 0 Å². The van der Waals surface area contributed by atoms with Crippen molar-refractivity contribution in [1.29, 1.82) is 0 Å². The molecule has 2 aliphatic rings. The molecule has 2 saturated heterocycles. The second-order valence-electron chi connectivity index (χ2n) is 3.80. The van der Waals surface area contributed by atoms with Crippen LogP contribution in [0.5, 0.6) is 0 Å². The van der Waals surface area contributed by atoms with Gasteiger partial charge in [0.05, 0.1) is 0 Å². The second kappa shape index (κ2) is 5.05. The van der Waals surface area contributed by atoms with Crippen LogP contribution in [0.4, 0.5) is 0 Å². The van der Waals surface area contributed by atoms with Gasteiger partial charge in [-0.15, -0.1) is 12.4 Å². The van der Waals surface area contributed by atoms with Crippen LogP contribution >= 0.6 is 12.4 Å². The quantitative estimate of drug-likeness (QED) is 0.706. The van der Waals surface area contributed by atoms with Crippen molar-refractivity contribution in [2.24, 2.45) is 0 Å². The fourth-order valence-electron chi connectivity index (χ4n) is 2.19. The summed E-state index contributed by atoms with van der Waals surface area (Å²) >= 11 is 0. The average molecular weight is 191 g/mol. The Bertz CT molecular complexity index is 104. The van der Waals surface area contributed by atoms with Crippen molar-refractivity contribution in [3.05, 3.63) is 0 Å². The smallest absolute Gasteiger partial charge is 0.0195 e. The molecule has 0 amide bonds. The molecule has 0 aromatic heterocycles. The molecular formula is C9H19ClN2. The maximum Gasteiger partial charge on any atom is 0.0195 e. The van der Waals surface area contributed by atoms with Gasteiger partial charge in [-0.1, -0.05) is 0 Å². The van der Waals surface area contributed by atoms with Crippen LogP contribution in [0.3, 0.4) is 0 Å². The van der Waals surface area contributed by atoms with Crippen molar-refractivity contribution in [2.45, 2.75) is 31.7 Å². The molecular weight excluding hydrogens is 172 g/mol. The van der Waals surface area contributed by atoms with Gasteiger partial charge in [0.1, 0.15) is 0 Å². The highest BCUT2D eigenvalue weighted by Crippen LogP contribution is 2.11. The Labute approximate surface area is 81.1 Å². The maximum absolute atomic E-state index is 3.54. The first kappa shape index (κ1) is 10.3. The zero-order valence-corrected chi connectivity index (χ0v) is 8.41. The molecule has 0 spiro atoms. The first-order valence-corrected chi connectivity index (χ1v) is 4.91. The summed E-state index contributed by atoms with van der Waals surface area (Å²) in [6.45, 7) is 5.24. The number of nitrogens with zero attached hydrogens (tertiary/aromatic N) is 1. The normalized spacial score (nSPS) is 30.5. The van der Waals surface area contributed by atoms with Gasteiger partial charge in [-0.3, -0.25) is 0 Å². The lowest BCUT2D eigenvalue weighted by molar-refractivity contribution is 0.303. The Morgan fingerprint density at radius 1 is 1.17 bits per heavy atom. The molecule has 0 aromatic carbocycles. The highest BCUT2D eigenvalue weighted by Gasteiger charge is 2.19. The molecule has 0 unspecified atom stereocenters. The monoisotopic (exact) mass is 190 g/mol. The van der Waals surface area contributed by atoms with E-state index in [0.717, 1.165) is 6.04 Å². The van der Waals surface area contributed by atoms with Gasteiger partial charge < -0.3 is 10.2 Å². The molecule has 1 N–H and O–H groups in total. The molecule has 0 radical (unpaired) electrons. The van der Waals surface area contributed by atoms with Gasteiger partial charge in [-0.2, -0.15) is 0 Å². The Morgan fingerprint density at radius 2 is 1.92 bits per heavy atom. The highest BCUT2D eigenvalue weighted by molar-refractivity contribution is 5.85. The number of halogens is 1.